The van der Waals surface area contributed by atoms with Crippen LogP contribution in [0.25, 0.3) is 10.8 Å². The van der Waals surface area contributed by atoms with Crippen molar-refractivity contribution >= 4 is 34.0 Å². The molecule has 7 nitrogen and oxygen atoms in total. The fourth-order valence-electron chi connectivity index (χ4n) is 4.04. The van der Waals surface area contributed by atoms with E-state index in [-0.39, 0.29) is 23.2 Å². The average Bonchev–Trinajstić information content (AvgIpc) is 2.71. The Morgan fingerprint density at radius 3 is 2.60 bits per heavy atom. The van der Waals surface area contributed by atoms with E-state index in [9.17, 15) is 9.59 Å². The number of benzene rings is 1. The molecule has 0 aliphatic heterocycles. The molecule has 3 atom stereocenters. The van der Waals surface area contributed by atoms with Crippen LogP contribution in [0.5, 0.6) is 0 Å². The van der Waals surface area contributed by atoms with Gasteiger partial charge in [-0.3, -0.25) is 20.4 Å². The molecule has 3 rings (SSSR count). The molecule has 0 unspecified atom stereocenters. The number of thiocarbonyl (C=S) groups is 1. The molecule has 0 bridgehead atoms. The van der Waals surface area contributed by atoms with Gasteiger partial charge >= 0.3 is 0 Å². The molecular weight excluding hydrogens is 398 g/mol. The lowest BCUT2D eigenvalue weighted by atomic mass is 9.78. The van der Waals surface area contributed by atoms with E-state index in [1.807, 2.05) is 13.8 Å². The number of nitrogens with zero attached hydrogens (tertiary/aromatic N) is 2. The van der Waals surface area contributed by atoms with Crippen LogP contribution in [-0.4, -0.2) is 26.8 Å². The van der Waals surface area contributed by atoms with E-state index in [1.54, 1.807) is 24.3 Å². The van der Waals surface area contributed by atoms with Gasteiger partial charge in [0.1, 0.15) is 0 Å². The number of hydrazine groups is 1. The minimum Gasteiger partial charge on any atom is -0.358 e. The minimum atomic E-state index is -0.432. The van der Waals surface area contributed by atoms with Gasteiger partial charge in [0.25, 0.3) is 11.5 Å². The first-order valence-electron chi connectivity index (χ1n) is 10.6. The van der Waals surface area contributed by atoms with Gasteiger partial charge in [-0.25, -0.2) is 4.68 Å². The molecule has 1 aromatic carbocycles. The molecule has 2 aromatic rings. The van der Waals surface area contributed by atoms with Gasteiger partial charge < -0.3 is 5.32 Å². The summed E-state index contributed by atoms with van der Waals surface area (Å²) < 4.78 is 1.36. The van der Waals surface area contributed by atoms with Crippen molar-refractivity contribution in [3.63, 3.8) is 0 Å². The van der Waals surface area contributed by atoms with Crippen LogP contribution in [0, 0.1) is 17.8 Å². The summed E-state index contributed by atoms with van der Waals surface area (Å²) >= 11 is 5.38. The van der Waals surface area contributed by atoms with Crippen molar-refractivity contribution in [2.75, 3.05) is 0 Å². The fourth-order valence-corrected chi connectivity index (χ4v) is 4.24. The van der Waals surface area contributed by atoms with E-state index in [1.165, 1.54) is 17.5 Å². The minimum absolute atomic E-state index is 0.193. The standard InChI is InChI=1S/C22H31N5O2S/c1-13(2)12-27-21(29)17-10-6-5-9-16(17)19(26-27)20(28)24-25-22(30)23-18-11-7-8-14(3)15(18)4/h5-6,9-10,13-15,18H,7-8,11-12H2,1-4H3,(H,24,28)(H2,23,25,30)/t14-,15+,18+/m0/s1. The maximum Gasteiger partial charge on any atom is 0.290 e. The number of rotatable bonds is 4. The predicted octanol–water partition coefficient (Wildman–Crippen LogP) is 2.99. The third-order valence-corrected chi connectivity index (χ3v) is 6.15. The Balaban J connectivity index is 1.74. The maximum absolute atomic E-state index is 12.9. The highest BCUT2D eigenvalue weighted by Gasteiger charge is 2.27. The van der Waals surface area contributed by atoms with Gasteiger partial charge in [0.05, 0.1) is 5.39 Å². The highest BCUT2D eigenvalue weighted by Crippen LogP contribution is 2.29. The van der Waals surface area contributed by atoms with Crippen molar-refractivity contribution in [1.82, 2.24) is 25.9 Å². The summed E-state index contributed by atoms with van der Waals surface area (Å²) in [4.78, 5) is 25.6. The zero-order valence-corrected chi connectivity index (χ0v) is 18.9. The Kier molecular flexibility index (Phi) is 7.07. The molecule has 1 amide bonds. The number of hydrogen-bond acceptors (Lipinski definition) is 4. The van der Waals surface area contributed by atoms with Crippen LogP contribution in [-0.2, 0) is 6.54 Å². The second kappa shape index (κ2) is 9.55. The van der Waals surface area contributed by atoms with Gasteiger partial charge in [0.15, 0.2) is 10.8 Å². The largest absolute Gasteiger partial charge is 0.358 e. The number of aromatic nitrogens is 2. The fraction of sp³-hybridized carbons (Fsp3) is 0.545. The van der Waals surface area contributed by atoms with Crippen LogP contribution >= 0.6 is 12.2 Å². The van der Waals surface area contributed by atoms with Crippen molar-refractivity contribution in [1.29, 1.82) is 0 Å². The molecule has 30 heavy (non-hydrogen) atoms. The molecule has 1 aliphatic carbocycles. The molecule has 1 aromatic heterocycles. The normalized spacial score (nSPS) is 21.4. The molecule has 1 saturated carbocycles. The molecule has 1 aliphatic rings. The Labute approximate surface area is 182 Å². The molecule has 8 heteroatoms. The van der Waals surface area contributed by atoms with Crippen molar-refractivity contribution in [3.8, 4) is 0 Å². The first kappa shape index (κ1) is 22.2. The van der Waals surface area contributed by atoms with Crippen molar-refractivity contribution in [2.45, 2.75) is 59.5 Å². The number of fused-ring (bicyclic) bond motifs is 1. The second-order valence-corrected chi connectivity index (χ2v) is 9.11. The molecule has 162 valence electrons. The highest BCUT2D eigenvalue weighted by atomic mass is 32.1. The number of hydrogen-bond donors (Lipinski definition) is 3. The van der Waals surface area contributed by atoms with Crippen molar-refractivity contribution in [3.05, 3.63) is 40.3 Å². The van der Waals surface area contributed by atoms with E-state index in [4.69, 9.17) is 12.2 Å². The third kappa shape index (κ3) is 4.98. The third-order valence-electron chi connectivity index (χ3n) is 5.93. The topological polar surface area (TPSA) is 88.1 Å². The van der Waals surface area contributed by atoms with E-state index >= 15 is 0 Å². The molecule has 3 N–H and O–H groups in total. The van der Waals surface area contributed by atoms with Crippen LogP contribution in [0.1, 0.15) is 57.4 Å². The van der Waals surface area contributed by atoms with E-state index < -0.39 is 5.91 Å². The van der Waals surface area contributed by atoms with Gasteiger partial charge in [-0.05, 0) is 42.5 Å². The van der Waals surface area contributed by atoms with Crippen LogP contribution in [0.4, 0.5) is 0 Å². The maximum atomic E-state index is 12.9. The summed E-state index contributed by atoms with van der Waals surface area (Å²) in [6, 6.07) is 7.32. The molecule has 0 saturated heterocycles. The van der Waals surface area contributed by atoms with Gasteiger partial charge in [0.2, 0.25) is 0 Å². The number of carbonyl (C=O) groups is 1. The number of nitrogens with one attached hydrogen (secondary N) is 3. The van der Waals surface area contributed by atoms with Crippen molar-refractivity contribution < 1.29 is 4.79 Å². The summed E-state index contributed by atoms with van der Waals surface area (Å²) in [5, 5.41) is 9.05. The van der Waals surface area contributed by atoms with E-state index in [0.29, 0.717) is 34.3 Å². The molecule has 1 heterocycles. The molecule has 0 spiro atoms. The Hall–Kier alpha value is -2.48. The smallest absolute Gasteiger partial charge is 0.290 e. The van der Waals surface area contributed by atoms with Gasteiger partial charge in [0, 0.05) is 18.0 Å². The summed E-state index contributed by atoms with van der Waals surface area (Å²) in [5.74, 6) is 0.950. The summed E-state index contributed by atoms with van der Waals surface area (Å²) in [7, 11) is 0. The number of amides is 1. The highest BCUT2D eigenvalue weighted by molar-refractivity contribution is 7.80. The Bertz CT molecular complexity index is 987. The van der Waals surface area contributed by atoms with Gasteiger partial charge in [-0.15, -0.1) is 0 Å². The zero-order chi connectivity index (χ0) is 21.8. The molecule has 1 fully saturated rings. The van der Waals surface area contributed by atoms with E-state index in [2.05, 4.69) is 35.1 Å². The van der Waals surface area contributed by atoms with Crippen LogP contribution in [0.3, 0.4) is 0 Å². The van der Waals surface area contributed by atoms with Crippen molar-refractivity contribution in [2.24, 2.45) is 17.8 Å². The lowest BCUT2D eigenvalue weighted by molar-refractivity contribution is 0.0937. The molecule has 0 radical (unpaired) electrons. The summed E-state index contributed by atoms with van der Waals surface area (Å²) in [5.41, 5.74) is 5.43. The average molecular weight is 430 g/mol. The summed E-state index contributed by atoms with van der Waals surface area (Å²) in [6.07, 6.45) is 3.47. The first-order valence-corrected chi connectivity index (χ1v) is 11.1. The monoisotopic (exact) mass is 429 g/mol. The van der Waals surface area contributed by atoms with E-state index in [0.717, 1.165) is 6.42 Å². The lowest BCUT2D eigenvalue weighted by Gasteiger charge is -2.35. The van der Waals surface area contributed by atoms with Gasteiger partial charge in [-0.1, -0.05) is 58.7 Å². The molecular formula is C22H31N5O2S. The lowest BCUT2D eigenvalue weighted by Crippen LogP contribution is -2.52. The quantitative estimate of drug-likeness (QED) is 0.512. The second-order valence-electron chi connectivity index (χ2n) is 8.70. The zero-order valence-electron chi connectivity index (χ0n) is 18.1. The predicted molar refractivity (Wildman–Crippen MR) is 123 cm³/mol. The Morgan fingerprint density at radius 1 is 1.20 bits per heavy atom. The number of carbonyl (C=O) groups excluding carboxylic acids is 1. The van der Waals surface area contributed by atoms with Crippen LogP contribution in [0.2, 0.25) is 0 Å². The van der Waals surface area contributed by atoms with Crippen LogP contribution in [0.15, 0.2) is 29.1 Å². The van der Waals surface area contributed by atoms with Gasteiger partial charge in [-0.2, -0.15) is 5.10 Å². The summed E-state index contributed by atoms with van der Waals surface area (Å²) in [6.45, 7) is 8.94. The Morgan fingerprint density at radius 2 is 1.90 bits per heavy atom. The SMILES string of the molecule is CC(C)Cn1nc(C(=O)NNC(=S)N[C@@H]2CCC[C@H](C)[C@H]2C)c2ccccc2c1=O. The van der Waals surface area contributed by atoms with Crippen LogP contribution < -0.4 is 21.7 Å². The first-order chi connectivity index (χ1) is 14.3.